The Morgan fingerprint density at radius 3 is 2.71 bits per heavy atom. The largest absolute Gasteiger partial charge is 0.461 e. The van der Waals surface area contributed by atoms with E-state index in [1.807, 2.05) is 38.1 Å². The summed E-state index contributed by atoms with van der Waals surface area (Å²) in [5.74, 6) is -0.0242. The molecule has 0 spiro atoms. The highest BCUT2D eigenvalue weighted by atomic mass is 16.5. The normalized spacial score (nSPS) is 10.8. The number of aromatic nitrogens is 1. The lowest BCUT2D eigenvalue weighted by Crippen LogP contribution is -2.11. The molecule has 1 heterocycles. The third-order valence-electron chi connectivity index (χ3n) is 2.39. The second kappa shape index (κ2) is 4.95. The molecule has 0 radical (unpaired) electrons. The van der Waals surface area contributed by atoms with Gasteiger partial charge in [-0.25, -0.2) is 9.78 Å². The number of carbonyl (C=O) groups is 1. The molecule has 0 N–H and O–H groups in total. The molecule has 0 saturated heterocycles. The molecule has 0 saturated carbocycles. The van der Waals surface area contributed by atoms with Crippen LogP contribution in [0, 0.1) is 5.92 Å². The van der Waals surface area contributed by atoms with Gasteiger partial charge in [0.05, 0.1) is 6.61 Å². The van der Waals surface area contributed by atoms with Gasteiger partial charge in [-0.05, 0) is 17.4 Å². The number of carbonyl (C=O) groups excluding carboxylic acids is 1. The number of hydrogen-bond acceptors (Lipinski definition) is 3. The number of rotatable bonds is 3. The quantitative estimate of drug-likeness (QED) is 0.759. The molecular formula is C14H15NO2. The fourth-order valence-electron chi connectivity index (χ4n) is 1.51. The Bertz CT molecular complexity index is 534. The first kappa shape index (κ1) is 11.6. The van der Waals surface area contributed by atoms with Gasteiger partial charge in [-0.2, -0.15) is 0 Å². The van der Waals surface area contributed by atoms with Gasteiger partial charge in [0.15, 0.2) is 0 Å². The molecule has 0 fully saturated rings. The van der Waals surface area contributed by atoms with Crippen molar-refractivity contribution in [1.82, 2.24) is 4.98 Å². The summed E-state index contributed by atoms with van der Waals surface area (Å²) >= 11 is 0. The molecule has 2 rings (SSSR count). The van der Waals surface area contributed by atoms with Gasteiger partial charge >= 0.3 is 5.97 Å². The van der Waals surface area contributed by atoms with Gasteiger partial charge < -0.3 is 4.74 Å². The fourth-order valence-corrected chi connectivity index (χ4v) is 1.51. The molecule has 88 valence electrons. The second-order valence-corrected chi connectivity index (χ2v) is 4.41. The van der Waals surface area contributed by atoms with Gasteiger partial charge in [-0.15, -0.1) is 0 Å². The van der Waals surface area contributed by atoms with E-state index < -0.39 is 0 Å². The summed E-state index contributed by atoms with van der Waals surface area (Å²) < 4.78 is 5.14. The van der Waals surface area contributed by atoms with Crippen molar-refractivity contribution in [2.75, 3.05) is 6.61 Å². The fraction of sp³-hybridized carbons (Fsp3) is 0.286. The number of esters is 1. The molecule has 0 atom stereocenters. The summed E-state index contributed by atoms with van der Waals surface area (Å²) in [6, 6.07) is 9.56. The van der Waals surface area contributed by atoms with Crippen LogP contribution in [0.2, 0.25) is 0 Å². The highest BCUT2D eigenvalue weighted by Gasteiger charge is 2.10. The molecule has 3 nitrogen and oxygen atoms in total. The molecule has 2 aromatic rings. The van der Waals surface area contributed by atoms with E-state index in [-0.39, 0.29) is 5.97 Å². The van der Waals surface area contributed by atoms with E-state index in [0.717, 1.165) is 10.8 Å². The predicted molar refractivity (Wildman–Crippen MR) is 66.9 cm³/mol. The van der Waals surface area contributed by atoms with Gasteiger partial charge in [-0.1, -0.05) is 38.1 Å². The summed E-state index contributed by atoms with van der Waals surface area (Å²) in [6.07, 6.45) is 1.70. The Kier molecular flexibility index (Phi) is 3.38. The third kappa shape index (κ3) is 2.81. The standard InChI is InChI=1S/C14H15NO2/c1-10(2)9-17-14(16)13-7-11-5-3-4-6-12(11)8-15-13/h3-8,10H,9H2,1-2H3. The van der Waals surface area contributed by atoms with Crippen LogP contribution in [-0.2, 0) is 4.74 Å². The summed E-state index contributed by atoms with van der Waals surface area (Å²) in [5, 5.41) is 2.02. The van der Waals surface area contributed by atoms with E-state index in [1.54, 1.807) is 12.3 Å². The Morgan fingerprint density at radius 1 is 1.29 bits per heavy atom. The highest BCUT2D eigenvalue weighted by Crippen LogP contribution is 2.14. The minimum atomic E-state index is -0.357. The van der Waals surface area contributed by atoms with Crippen LogP contribution in [0.1, 0.15) is 24.3 Å². The van der Waals surface area contributed by atoms with Crippen LogP contribution in [0.4, 0.5) is 0 Å². The van der Waals surface area contributed by atoms with Crippen molar-refractivity contribution in [2.24, 2.45) is 5.92 Å². The van der Waals surface area contributed by atoms with E-state index >= 15 is 0 Å². The first-order valence-electron chi connectivity index (χ1n) is 5.69. The van der Waals surface area contributed by atoms with Crippen molar-refractivity contribution in [1.29, 1.82) is 0 Å². The van der Waals surface area contributed by atoms with E-state index in [9.17, 15) is 4.79 Å². The molecule has 0 aliphatic heterocycles. The van der Waals surface area contributed by atoms with Crippen LogP contribution in [0.3, 0.4) is 0 Å². The van der Waals surface area contributed by atoms with Crippen molar-refractivity contribution in [2.45, 2.75) is 13.8 Å². The molecular weight excluding hydrogens is 214 g/mol. The van der Waals surface area contributed by atoms with Crippen LogP contribution in [0.5, 0.6) is 0 Å². The van der Waals surface area contributed by atoms with E-state index in [0.29, 0.717) is 18.2 Å². The lowest BCUT2D eigenvalue weighted by molar-refractivity contribution is 0.0452. The van der Waals surface area contributed by atoms with E-state index in [1.165, 1.54) is 0 Å². The maximum Gasteiger partial charge on any atom is 0.356 e. The minimum absolute atomic E-state index is 0.333. The molecule has 3 heteroatoms. The second-order valence-electron chi connectivity index (χ2n) is 4.41. The number of ether oxygens (including phenoxy) is 1. The Balaban J connectivity index is 2.21. The smallest absolute Gasteiger partial charge is 0.356 e. The molecule has 0 amide bonds. The number of hydrogen-bond donors (Lipinski definition) is 0. The number of benzene rings is 1. The predicted octanol–water partition coefficient (Wildman–Crippen LogP) is 3.05. The Morgan fingerprint density at radius 2 is 2.00 bits per heavy atom. The zero-order valence-electron chi connectivity index (χ0n) is 10.0. The Hall–Kier alpha value is -1.90. The summed E-state index contributed by atoms with van der Waals surface area (Å²) in [6.45, 7) is 4.43. The molecule has 0 bridgehead atoms. The van der Waals surface area contributed by atoms with Crippen LogP contribution >= 0.6 is 0 Å². The van der Waals surface area contributed by atoms with Crippen LogP contribution in [0.15, 0.2) is 36.5 Å². The average Bonchev–Trinajstić information content (AvgIpc) is 2.35. The van der Waals surface area contributed by atoms with E-state index in [2.05, 4.69) is 4.98 Å². The number of fused-ring (bicyclic) bond motifs is 1. The van der Waals surface area contributed by atoms with Gasteiger partial charge in [-0.3, -0.25) is 0 Å². The lowest BCUT2D eigenvalue weighted by atomic mass is 10.1. The van der Waals surface area contributed by atoms with Crippen molar-refractivity contribution in [3.8, 4) is 0 Å². The van der Waals surface area contributed by atoms with Gasteiger partial charge in [0.1, 0.15) is 5.69 Å². The number of pyridine rings is 1. The van der Waals surface area contributed by atoms with Crippen molar-refractivity contribution < 1.29 is 9.53 Å². The van der Waals surface area contributed by atoms with Crippen molar-refractivity contribution in [3.05, 3.63) is 42.2 Å². The van der Waals surface area contributed by atoms with Crippen molar-refractivity contribution >= 4 is 16.7 Å². The molecule has 1 aromatic heterocycles. The summed E-state index contributed by atoms with van der Waals surface area (Å²) in [7, 11) is 0. The highest BCUT2D eigenvalue weighted by molar-refractivity contribution is 5.92. The van der Waals surface area contributed by atoms with Gasteiger partial charge in [0, 0.05) is 11.6 Å². The van der Waals surface area contributed by atoms with Gasteiger partial charge in [0.25, 0.3) is 0 Å². The minimum Gasteiger partial charge on any atom is -0.461 e. The zero-order valence-corrected chi connectivity index (χ0v) is 10.0. The summed E-state index contributed by atoms with van der Waals surface area (Å²) in [5.41, 5.74) is 0.365. The molecule has 0 unspecified atom stereocenters. The molecule has 0 aliphatic rings. The topological polar surface area (TPSA) is 39.2 Å². The lowest BCUT2D eigenvalue weighted by Gasteiger charge is -2.07. The monoisotopic (exact) mass is 229 g/mol. The Labute approximate surface area is 100 Å². The maximum atomic E-state index is 11.7. The molecule has 17 heavy (non-hydrogen) atoms. The molecule has 1 aromatic carbocycles. The summed E-state index contributed by atoms with van der Waals surface area (Å²) in [4.78, 5) is 15.8. The van der Waals surface area contributed by atoms with Crippen LogP contribution in [0.25, 0.3) is 10.8 Å². The first-order valence-corrected chi connectivity index (χ1v) is 5.69. The maximum absolute atomic E-state index is 11.7. The SMILES string of the molecule is CC(C)COC(=O)c1cc2ccccc2cn1. The number of nitrogens with zero attached hydrogens (tertiary/aromatic N) is 1. The first-order chi connectivity index (χ1) is 8.16. The third-order valence-corrected chi connectivity index (χ3v) is 2.39. The van der Waals surface area contributed by atoms with Gasteiger partial charge in [0.2, 0.25) is 0 Å². The van der Waals surface area contributed by atoms with Crippen molar-refractivity contribution in [3.63, 3.8) is 0 Å². The average molecular weight is 229 g/mol. The van der Waals surface area contributed by atoms with Crippen LogP contribution < -0.4 is 0 Å². The van der Waals surface area contributed by atoms with E-state index in [4.69, 9.17) is 4.74 Å². The zero-order chi connectivity index (χ0) is 12.3. The van der Waals surface area contributed by atoms with Crippen LogP contribution in [-0.4, -0.2) is 17.6 Å². The molecule has 0 aliphatic carbocycles.